The van der Waals surface area contributed by atoms with Gasteiger partial charge in [-0.05, 0) is 19.8 Å². The fourth-order valence-corrected chi connectivity index (χ4v) is 1.96. The molecular weight excluding hydrogens is 180 g/mol. The molecule has 0 fully saturated rings. The fraction of sp³-hybridized carbons (Fsp3) is 0.500. The van der Waals surface area contributed by atoms with E-state index < -0.39 is 0 Å². The van der Waals surface area contributed by atoms with Gasteiger partial charge in [0, 0.05) is 18.3 Å². The molecule has 1 aromatic rings. The first kappa shape index (κ1) is 9.12. The average molecular weight is 192 g/mol. The second kappa shape index (κ2) is 3.36. The van der Waals surface area contributed by atoms with Gasteiger partial charge in [-0.1, -0.05) is 0 Å². The summed E-state index contributed by atoms with van der Waals surface area (Å²) in [4.78, 5) is 26.4. The number of nitrogens with zero attached hydrogens (tertiary/aromatic N) is 2. The van der Waals surface area contributed by atoms with Gasteiger partial charge in [-0.25, -0.2) is 4.98 Å². The molecule has 0 radical (unpaired) electrons. The summed E-state index contributed by atoms with van der Waals surface area (Å²) in [5.41, 5.74) is -0.0611. The highest BCUT2D eigenvalue weighted by molar-refractivity contribution is 5.60. The molecule has 1 aliphatic rings. The predicted octanol–water partition coefficient (Wildman–Crippen LogP) is 0.881. The first-order valence-electron chi connectivity index (χ1n) is 4.76. The number of fused-ring (bicyclic) bond motifs is 1. The van der Waals surface area contributed by atoms with Crippen LogP contribution in [-0.4, -0.2) is 15.8 Å². The molecule has 4 nitrogen and oxygen atoms in total. The third-order valence-corrected chi connectivity index (χ3v) is 2.74. The van der Waals surface area contributed by atoms with Gasteiger partial charge in [0.1, 0.15) is 12.1 Å². The molecule has 1 aliphatic heterocycles. The van der Waals surface area contributed by atoms with E-state index in [0.29, 0.717) is 5.82 Å². The lowest BCUT2D eigenvalue weighted by Crippen LogP contribution is -2.32. The molecule has 0 bridgehead atoms. The van der Waals surface area contributed by atoms with E-state index in [4.69, 9.17) is 0 Å². The maximum absolute atomic E-state index is 11.5. The third kappa shape index (κ3) is 1.27. The van der Waals surface area contributed by atoms with Crippen LogP contribution in [-0.2, 0) is 4.79 Å². The van der Waals surface area contributed by atoms with Crippen molar-refractivity contribution in [3.8, 4) is 0 Å². The Morgan fingerprint density at radius 1 is 1.57 bits per heavy atom. The lowest BCUT2D eigenvalue weighted by Gasteiger charge is -2.26. The highest BCUT2D eigenvalue weighted by Gasteiger charge is 2.25. The topological polar surface area (TPSA) is 52.0 Å². The van der Waals surface area contributed by atoms with E-state index in [0.717, 1.165) is 19.1 Å². The third-order valence-electron chi connectivity index (χ3n) is 2.74. The highest BCUT2D eigenvalue weighted by atomic mass is 16.1. The Bertz CT molecular complexity index is 411. The van der Waals surface area contributed by atoms with Crippen molar-refractivity contribution in [2.45, 2.75) is 31.7 Å². The van der Waals surface area contributed by atoms with Crippen LogP contribution in [0.5, 0.6) is 0 Å². The van der Waals surface area contributed by atoms with Gasteiger partial charge in [0.25, 0.3) is 5.56 Å². The van der Waals surface area contributed by atoms with E-state index in [1.54, 1.807) is 4.57 Å². The van der Waals surface area contributed by atoms with E-state index >= 15 is 0 Å². The first-order valence-corrected chi connectivity index (χ1v) is 4.76. The summed E-state index contributed by atoms with van der Waals surface area (Å²) in [6.07, 6.45) is 4.01. The molecule has 2 heterocycles. The zero-order chi connectivity index (χ0) is 10.1. The van der Waals surface area contributed by atoms with Crippen molar-refractivity contribution in [2.24, 2.45) is 0 Å². The molecule has 2 atom stereocenters. The van der Waals surface area contributed by atoms with Gasteiger partial charge in [-0.2, -0.15) is 0 Å². The second-order valence-corrected chi connectivity index (χ2v) is 3.68. The van der Waals surface area contributed by atoms with Gasteiger partial charge >= 0.3 is 0 Å². The number of hydrogen-bond donors (Lipinski definition) is 0. The summed E-state index contributed by atoms with van der Waals surface area (Å²) in [5, 5.41) is 0. The van der Waals surface area contributed by atoms with Crippen LogP contribution in [0.2, 0.25) is 0 Å². The summed E-state index contributed by atoms with van der Waals surface area (Å²) in [7, 11) is 0. The zero-order valence-electron chi connectivity index (χ0n) is 8.01. The molecule has 1 aromatic heterocycles. The summed E-state index contributed by atoms with van der Waals surface area (Å²) in [5.74, 6) is 0.409. The lowest BCUT2D eigenvalue weighted by molar-refractivity contribution is -0.109. The van der Waals surface area contributed by atoms with Crippen molar-refractivity contribution in [1.82, 2.24) is 9.55 Å². The van der Waals surface area contributed by atoms with Crippen molar-refractivity contribution in [3.63, 3.8) is 0 Å². The monoisotopic (exact) mass is 192 g/mol. The first-order chi connectivity index (χ1) is 6.74. The van der Waals surface area contributed by atoms with Crippen molar-refractivity contribution >= 4 is 6.29 Å². The molecule has 0 spiro atoms. The van der Waals surface area contributed by atoms with Gasteiger partial charge in [-0.15, -0.1) is 0 Å². The van der Waals surface area contributed by atoms with Crippen LogP contribution in [0.3, 0.4) is 0 Å². The minimum absolute atomic E-state index is 0.0611. The van der Waals surface area contributed by atoms with E-state index in [-0.39, 0.29) is 17.5 Å². The largest absolute Gasteiger partial charge is 0.303 e. The number of rotatable bonds is 1. The Labute approximate surface area is 81.6 Å². The number of carbonyl (C=O) groups excluding carboxylic acids is 1. The van der Waals surface area contributed by atoms with Crippen LogP contribution < -0.4 is 5.56 Å². The summed E-state index contributed by atoms with van der Waals surface area (Å²) >= 11 is 0. The maximum Gasteiger partial charge on any atom is 0.253 e. The Kier molecular flexibility index (Phi) is 2.19. The van der Waals surface area contributed by atoms with Crippen LogP contribution in [0.15, 0.2) is 17.1 Å². The number of aldehydes is 1. The molecule has 0 amide bonds. The summed E-state index contributed by atoms with van der Waals surface area (Å²) in [6, 6.07) is 1.59. The van der Waals surface area contributed by atoms with Gasteiger partial charge in [0.05, 0.1) is 5.92 Å². The molecule has 2 rings (SSSR count). The van der Waals surface area contributed by atoms with E-state index in [1.807, 2.05) is 6.92 Å². The smallest absolute Gasteiger partial charge is 0.253 e. The maximum atomic E-state index is 11.5. The van der Waals surface area contributed by atoms with Crippen molar-refractivity contribution in [2.75, 3.05) is 0 Å². The Morgan fingerprint density at radius 3 is 3.07 bits per heavy atom. The van der Waals surface area contributed by atoms with Gasteiger partial charge in [0.15, 0.2) is 0 Å². The van der Waals surface area contributed by atoms with Gasteiger partial charge in [-0.3, -0.25) is 9.36 Å². The minimum atomic E-state index is -0.208. The van der Waals surface area contributed by atoms with Crippen LogP contribution in [0.4, 0.5) is 0 Å². The summed E-state index contributed by atoms with van der Waals surface area (Å²) in [6.45, 7) is 1.98. The van der Waals surface area contributed by atoms with Crippen molar-refractivity contribution in [3.05, 3.63) is 28.4 Å². The molecule has 2 unspecified atom stereocenters. The minimum Gasteiger partial charge on any atom is -0.303 e. The Balaban J connectivity index is 2.62. The standard InChI is InChI=1S/C10H12N2O2/c1-7-2-3-8(6-13)10-11-5-4-9(14)12(7)10/h4-8H,2-3H2,1H3. The second-order valence-electron chi connectivity index (χ2n) is 3.68. The predicted molar refractivity (Wildman–Crippen MR) is 51.2 cm³/mol. The quantitative estimate of drug-likeness (QED) is 0.621. The van der Waals surface area contributed by atoms with Crippen LogP contribution >= 0.6 is 0 Å². The number of hydrogen-bond acceptors (Lipinski definition) is 3. The molecule has 4 heteroatoms. The lowest BCUT2D eigenvalue weighted by atomic mass is 9.96. The van der Waals surface area contributed by atoms with E-state index in [2.05, 4.69) is 4.98 Å². The van der Waals surface area contributed by atoms with Gasteiger partial charge < -0.3 is 4.79 Å². The van der Waals surface area contributed by atoms with Crippen molar-refractivity contribution in [1.29, 1.82) is 0 Å². The molecule has 0 aliphatic carbocycles. The Hall–Kier alpha value is -1.45. The molecular formula is C10H12N2O2. The zero-order valence-corrected chi connectivity index (χ0v) is 8.01. The molecule has 0 aromatic carbocycles. The summed E-state index contributed by atoms with van der Waals surface area (Å²) < 4.78 is 1.63. The average Bonchev–Trinajstić information content (AvgIpc) is 2.18. The molecule has 74 valence electrons. The molecule has 14 heavy (non-hydrogen) atoms. The van der Waals surface area contributed by atoms with Crippen LogP contribution in [0.25, 0.3) is 0 Å². The Morgan fingerprint density at radius 2 is 2.36 bits per heavy atom. The molecule has 0 saturated heterocycles. The van der Waals surface area contributed by atoms with Crippen molar-refractivity contribution < 1.29 is 4.79 Å². The molecule has 0 N–H and O–H groups in total. The van der Waals surface area contributed by atoms with Gasteiger partial charge in [0.2, 0.25) is 0 Å². The number of aromatic nitrogens is 2. The van der Waals surface area contributed by atoms with Crippen LogP contribution in [0.1, 0.15) is 37.5 Å². The highest BCUT2D eigenvalue weighted by Crippen LogP contribution is 2.28. The normalized spacial score (nSPS) is 25.5. The van der Waals surface area contributed by atoms with E-state index in [1.165, 1.54) is 12.3 Å². The van der Waals surface area contributed by atoms with E-state index in [9.17, 15) is 9.59 Å². The fourth-order valence-electron chi connectivity index (χ4n) is 1.96. The molecule has 0 saturated carbocycles. The SMILES string of the molecule is CC1CCC(C=O)c2nccc(=O)n21. The number of carbonyl (C=O) groups is 1. The van der Waals surface area contributed by atoms with Crippen LogP contribution in [0, 0.1) is 0 Å².